The molecule has 1 atom stereocenters. The van der Waals surface area contributed by atoms with Crippen molar-refractivity contribution in [2.75, 3.05) is 27.7 Å². The van der Waals surface area contributed by atoms with E-state index in [0.29, 0.717) is 28.3 Å². The molecular formula is C19H30FN3O. The fourth-order valence-electron chi connectivity index (χ4n) is 2.85. The van der Waals surface area contributed by atoms with Crippen LogP contribution in [0.25, 0.3) is 0 Å². The first kappa shape index (κ1) is 20.2. The number of aliphatic imine (C=N–C) groups is 1. The Hall–Kier alpha value is -1.88. The van der Waals surface area contributed by atoms with Crippen LogP contribution < -0.4 is 15.8 Å². The number of nitrogens with two attached hydrogens (primary N) is 1. The molecule has 0 amide bonds. The van der Waals surface area contributed by atoms with Crippen LogP contribution in [0.4, 0.5) is 4.39 Å². The molecule has 134 valence electrons. The highest BCUT2D eigenvalue weighted by Crippen LogP contribution is 2.33. The topological polar surface area (TPSA) is 59.6 Å². The summed E-state index contributed by atoms with van der Waals surface area (Å²) in [5.41, 5.74) is 8.29. The maximum atomic E-state index is 14.8. The molecule has 0 aliphatic rings. The van der Waals surface area contributed by atoms with E-state index in [-0.39, 0.29) is 11.7 Å². The smallest absolute Gasteiger partial charge is 0.128 e. The summed E-state index contributed by atoms with van der Waals surface area (Å²) in [5, 5.41) is 3.14. The average Bonchev–Trinajstić information content (AvgIpc) is 2.56. The molecule has 5 heteroatoms. The minimum atomic E-state index is -0.218. The zero-order valence-electron chi connectivity index (χ0n) is 15.4. The van der Waals surface area contributed by atoms with E-state index in [1.807, 2.05) is 13.1 Å². The first-order valence-corrected chi connectivity index (χ1v) is 8.41. The van der Waals surface area contributed by atoms with Gasteiger partial charge in [0.2, 0.25) is 0 Å². The fourth-order valence-corrected chi connectivity index (χ4v) is 2.85. The van der Waals surface area contributed by atoms with Crippen molar-refractivity contribution in [3.05, 3.63) is 40.8 Å². The Labute approximate surface area is 145 Å². The largest absolute Gasteiger partial charge is 0.496 e. The van der Waals surface area contributed by atoms with Crippen molar-refractivity contribution in [1.29, 1.82) is 0 Å². The molecule has 0 bridgehead atoms. The lowest BCUT2D eigenvalue weighted by Gasteiger charge is -2.20. The fraction of sp³-hybridized carbons (Fsp3) is 0.526. The zero-order valence-corrected chi connectivity index (χ0v) is 15.4. The summed E-state index contributed by atoms with van der Waals surface area (Å²) in [5.74, 6) is 0.568. The standard InChI is InChI=1S/C19H30FN3O/c1-6-7-14(8-9-22-3)15-12-19(24-5)16(11-17(15)20)18(23-4)10-13(2)21/h10-12,14,22H,6-9,21H2,1-5H3. The molecule has 0 saturated heterocycles. The molecule has 0 radical (unpaired) electrons. The van der Waals surface area contributed by atoms with Gasteiger partial charge in [0.1, 0.15) is 11.6 Å². The SMILES string of the molecule is CCCC(CCNC)c1cc(OC)c(C(C=C(C)N)=NC)cc1F. The third-order valence-electron chi connectivity index (χ3n) is 4.02. The monoisotopic (exact) mass is 335 g/mol. The number of hydrogen-bond donors (Lipinski definition) is 2. The number of halogens is 1. The van der Waals surface area contributed by atoms with Crippen LogP contribution in [0.15, 0.2) is 28.9 Å². The van der Waals surface area contributed by atoms with Crippen LogP contribution in [-0.4, -0.2) is 33.5 Å². The Morgan fingerprint density at radius 3 is 2.62 bits per heavy atom. The van der Waals surface area contributed by atoms with E-state index >= 15 is 0 Å². The van der Waals surface area contributed by atoms with Crippen molar-refractivity contribution in [1.82, 2.24) is 5.32 Å². The quantitative estimate of drug-likeness (QED) is 0.678. The van der Waals surface area contributed by atoms with Gasteiger partial charge >= 0.3 is 0 Å². The Morgan fingerprint density at radius 1 is 1.42 bits per heavy atom. The van der Waals surface area contributed by atoms with Crippen molar-refractivity contribution in [3.63, 3.8) is 0 Å². The van der Waals surface area contributed by atoms with Crippen molar-refractivity contribution < 1.29 is 9.13 Å². The van der Waals surface area contributed by atoms with Crippen LogP contribution in [0.2, 0.25) is 0 Å². The predicted octanol–water partition coefficient (Wildman–Crippen LogP) is 3.61. The number of nitrogens with zero attached hydrogens (tertiary/aromatic N) is 1. The van der Waals surface area contributed by atoms with Crippen LogP contribution in [-0.2, 0) is 0 Å². The zero-order chi connectivity index (χ0) is 18.1. The van der Waals surface area contributed by atoms with Gasteiger partial charge in [-0.1, -0.05) is 13.3 Å². The predicted molar refractivity (Wildman–Crippen MR) is 99.6 cm³/mol. The summed E-state index contributed by atoms with van der Waals surface area (Å²) in [6.07, 6.45) is 4.56. The summed E-state index contributed by atoms with van der Waals surface area (Å²) < 4.78 is 20.3. The molecule has 0 aliphatic carbocycles. The van der Waals surface area contributed by atoms with Crippen molar-refractivity contribution in [2.45, 2.75) is 39.0 Å². The van der Waals surface area contributed by atoms with Crippen LogP contribution in [0.1, 0.15) is 50.2 Å². The second kappa shape index (κ2) is 10.1. The van der Waals surface area contributed by atoms with Crippen LogP contribution in [0.3, 0.4) is 0 Å². The molecule has 0 fully saturated rings. The number of nitrogens with one attached hydrogen (secondary N) is 1. The van der Waals surface area contributed by atoms with Crippen LogP contribution in [0.5, 0.6) is 5.75 Å². The normalized spacial score (nSPS) is 13.9. The van der Waals surface area contributed by atoms with E-state index in [0.717, 1.165) is 25.8 Å². The maximum Gasteiger partial charge on any atom is 0.128 e. The van der Waals surface area contributed by atoms with Gasteiger partial charge in [0.15, 0.2) is 0 Å². The van der Waals surface area contributed by atoms with Gasteiger partial charge in [0.25, 0.3) is 0 Å². The number of rotatable bonds is 9. The van der Waals surface area contributed by atoms with E-state index in [9.17, 15) is 4.39 Å². The lowest BCUT2D eigenvalue weighted by Crippen LogP contribution is -2.14. The molecule has 3 N–H and O–H groups in total. The minimum absolute atomic E-state index is 0.166. The Balaban J connectivity index is 3.35. The molecule has 24 heavy (non-hydrogen) atoms. The Bertz CT molecular complexity index is 593. The van der Waals surface area contributed by atoms with Crippen LogP contribution in [0, 0.1) is 5.82 Å². The highest BCUT2D eigenvalue weighted by molar-refractivity contribution is 6.10. The molecule has 0 heterocycles. The average molecular weight is 335 g/mol. The van der Waals surface area contributed by atoms with E-state index in [4.69, 9.17) is 10.5 Å². The third-order valence-corrected chi connectivity index (χ3v) is 4.02. The summed E-state index contributed by atoms with van der Waals surface area (Å²) in [6, 6.07) is 3.32. The van der Waals surface area contributed by atoms with E-state index in [2.05, 4.69) is 17.2 Å². The molecule has 0 aliphatic heterocycles. The first-order chi connectivity index (χ1) is 11.5. The highest BCUT2D eigenvalue weighted by Gasteiger charge is 2.19. The summed E-state index contributed by atoms with van der Waals surface area (Å²) in [6.45, 7) is 4.74. The molecule has 1 aromatic carbocycles. The summed E-state index contributed by atoms with van der Waals surface area (Å²) in [7, 11) is 5.16. The molecule has 1 aromatic rings. The highest BCUT2D eigenvalue weighted by atomic mass is 19.1. The van der Waals surface area contributed by atoms with Gasteiger partial charge in [-0.15, -0.1) is 0 Å². The van der Waals surface area contributed by atoms with Crippen molar-refractivity contribution in [2.24, 2.45) is 10.7 Å². The second-order valence-electron chi connectivity index (χ2n) is 5.95. The van der Waals surface area contributed by atoms with Gasteiger partial charge in [-0.3, -0.25) is 4.99 Å². The van der Waals surface area contributed by atoms with Gasteiger partial charge < -0.3 is 15.8 Å². The van der Waals surface area contributed by atoms with Gasteiger partial charge in [-0.2, -0.15) is 0 Å². The van der Waals surface area contributed by atoms with Gasteiger partial charge in [0, 0.05) is 18.3 Å². The molecule has 0 aromatic heterocycles. The lowest BCUT2D eigenvalue weighted by atomic mass is 9.89. The second-order valence-corrected chi connectivity index (χ2v) is 5.95. The van der Waals surface area contributed by atoms with Crippen LogP contribution >= 0.6 is 0 Å². The minimum Gasteiger partial charge on any atom is -0.496 e. The maximum absolute atomic E-state index is 14.8. The summed E-state index contributed by atoms with van der Waals surface area (Å²) in [4.78, 5) is 4.21. The Morgan fingerprint density at radius 2 is 2.12 bits per heavy atom. The summed E-state index contributed by atoms with van der Waals surface area (Å²) >= 11 is 0. The van der Waals surface area contributed by atoms with E-state index in [1.54, 1.807) is 27.2 Å². The molecule has 1 unspecified atom stereocenters. The van der Waals surface area contributed by atoms with Gasteiger partial charge in [0.05, 0.1) is 12.8 Å². The van der Waals surface area contributed by atoms with Crippen molar-refractivity contribution >= 4 is 5.71 Å². The molecule has 1 rings (SSSR count). The number of methoxy groups -OCH3 is 1. The number of benzene rings is 1. The van der Waals surface area contributed by atoms with E-state index < -0.39 is 0 Å². The molecule has 4 nitrogen and oxygen atoms in total. The Kier molecular flexibility index (Phi) is 8.47. The molecular weight excluding hydrogens is 305 g/mol. The first-order valence-electron chi connectivity index (χ1n) is 8.41. The number of allylic oxidation sites excluding steroid dienone is 2. The number of hydrogen-bond acceptors (Lipinski definition) is 4. The number of ether oxygens (including phenoxy) is 1. The van der Waals surface area contributed by atoms with Gasteiger partial charge in [-0.05, 0) is 63.0 Å². The molecule has 0 spiro atoms. The van der Waals surface area contributed by atoms with E-state index in [1.165, 1.54) is 6.07 Å². The van der Waals surface area contributed by atoms with Gasteiger partial charge in [-0.25, -0.2) is 4.39 Å². The lowest BCUT2D eigenvalue weighted by molar-refractivity contribution is 0.409. The van der Waals surface area contributed by atoms with Crippen molar-refractivity contribution in [3.8, 4) is 5.75 Å². The third kappa shape index (κ3) is 5.34. The molecule has 0 saturated carbocycles.